The summed E-state index contributed by atoms with van der Waals surface area (Å²) in [5.74, 6) is -0.862. The third-order valence-electron chi connectivity index (χ3n) is 4.24. The third-order valence-corrected chi connectivity index (χ3v) is 4.24. The Morgan fingerprint density at radius 3 is 2.79 bits per heavy atom. The number of benzene rings is 1. The number of piperidine rings is 1. The fourth-order valence-corrected chi connectivity index (χ4v) is 2.79. The minimum absolute atomic E-state index is 0.207. The molecule has 1 aliphatic rings. The highest BCUT2D eigenvalue weighted by atomic mass is 16.4. The fourth-order valence-electron chi connectivity index (χ4n) is 2.79. The number of carbonyl (C=O) groups is 1. The SMILES string of the molecule is Cc1ccc(C)c(CN2CC(C(=O)O)CCC2C)c1. The van der Waals surface area contributed by atoms with Gasteiger partial charge in [-0.3, -0.25) is 9.69 Å². The molecule has 1 N–H and O–H groups in total. The van der Waals surface area contributed by atoms with E-state index in [4.69, 9.17) is 0 Å². The molecular formula is C16H23NO2. The van der Waals surface area contributed by atoms with Gasteiger partial charge in [0.05, 0.1) is 5.92 Å². The summed E-state index contributed by atoms with van der Waals surface area (Å²) in [4.78, 5) is 13.5. The number of rotatable bonds is 3. The predicted molar refractivity (Wildman–Crippen MR) is 76.1 cm³/mol. The molecule has 19 heavy (non-hydrogen) atoms. The lowest BCUT2D eigenvalue weighted by molar-refractivity contribution is -0.144. The summed E-state index contributed by atoms with van der Waals surface area (Å²) >= 11 is 0. The van der Waals surface area contributed by atoms with Gasteiger partial charge in [0, 0.05) is 19.1 Å². The lowest BCUT2D eigenvalue weighted by Crippen LogP contribution is -2.43. The molecule has 0 saturated carbocycles. The van der Waals surface area contributed by atoms with E-state index >= 15 is 0 Å². The molecule has 1 heterocycles. The highest BCUT2D eigenvalue weighted by Crippen LogP contribution is 2.25. The van der Waals surface area contributed by atoms with Crippen LogP contribution in [0.3, 0.4) is 0 Å². The van der Waals surface area contributed by atoms with Crippen LogP contribution in [0.1, 0.15) is 36.5 Å². The summed E-state index contributed by atoms with van der Waals surface area (Å²) < 4.78 is 0. The van der Waals surface area contributed by atoms with Crippen LogP contribution in [0.25, 0.3) is 0 Å². The molecule has 0 radical (unpaired) electrons. The fraction of sp³-hybridized carbons (Fsp3) is 0.562. The molecule has 2 unspecified atom stereocenters. The molecular weight excluding hydrogens is 238 g/mol. The lowest BCUT2D eigenvalue weighted by atomic mass is 9.92. The van der Waals surface area contributed by atoms with Crippen molar-refractivity contribution in [2.24, 2.45) is 5.92 Å². The van der Waals surface area contributed by atoms with Crippen molar-refractivity contribution in [2.75, 3.05) is 6.54 Å². The second-order valence-corrected chi connectivity index (χ2v) is 5.82. The maximum Gasteiger partial charge on any atom is 0.307 e. The standard InChI is InChI=1S/C16H23NO2/c1-11-4-5-12(2)15(8-11)10-17-9-14(16(18)19)7-6-13(17)3/h4-5,8,13-14H,6-7,9-10H2,1-3H3,(H,18,19). The van der Waals surface area contributed by atoms with Gasteiger partial charge in [-0.15, -0.1) is 0 Å². The molecule has 0 spiro atoms. The molecule has 0 amide bonds. The van der Waals surface area contributed by atoms with Crippen molar-refractivity contribution in [3.05, 3.63) is 34.9 Å². The van der Waals surface area contributed by atoms with E-state index in [-0.39, 0.29) is 5.92 Å². The molecule has 1 fully saturated rings. The Kier molecular flexibility index (Phi) is 4.25. The van der Waals surface area contributed by atoms with E-state index in [0.717, 1.165) is 19.4 Å². The Balaban J connectivity index is 2.12. The first-order valence-corrected chi connectivity index (χ1v) is 7.00. The van der Waals surface area contributed by atoms with Gasteiger partial charge in [-0.2, -0.15) is 0 Å². The first-order chi connectivity index (χ1) is 8.97. The van der Waals surface area contributed by atoms with Gasteiger partial charge in [0.15, 0.2) is 0 Å². The van der Waals surface area contributed by atoms with E-state index in [1.807, 2.05) is 0 Å². The predicted octanol–water partition coefficient (Wildman–Crippen LogP) is 2.99. The highest BCUT2D eigenvalue weighted by molar-refractivity contribution is 5.70. The number of aliphatic carboxylic acids is 1. The van der Waals surface area contributed by atoms with E-state index < -0.39 is 5.97 Å². The van der Waals surface area contributed by atoms with Crippen molar-refractivity contribution in [2.45, 2.75) is 46.2 Å². The van der Waals surface area contributed by atoms with Crippen LogP contribution in [0.2, 0.25) is 0 Å². The van der Waals surface area contributed by atoms with E-state index in [1.165, 1.54) is 16.7 Å². The van der Waals surface area contributed by atoms with Gasteiger partial charge >= 0.3 is 5.97 Å². The molecule has 1 aromatic carbocycles. The second kappa shape index (κ2) is 5.74. The Hall–Kier alpha value is -1.35. The zero-order valence-electron chi connectivity index (χ0n) is 12.0. The van der Waals surface area contributed by atoms with Crippen molar-refractivity contribution in [1.29, 1.82) is 0 Å². The molecule has 2 rings (SSSR count). The highest BCUT2D eigenvalue weighted by Gasteiger charge is 2.29. The minimum atomic E-state index is -0.655. The third kappa shape index (κ3) is 3.35. The lowest BCUT2D eigenvalue weighted by Gasteiger charge is -2.36. The number of carboxylic acids is 1. The van der Waals surface area contributed by atoms with Crippen molar-refractivity contribution in [3.63, 3.8) is 0 Å². The summed E-state index contributed by atoms with van der Waals surface area (Å²) in [5, 5.41) is 9.18. The second-order valence-electron chi connectivity index (χ2n) is 5.82. The van der Waals surface area contributed by atoms with Crippen molar-refractivity contribution >= 4 is 5.97 Å². The number of nitrogens with zero attached hydrogens (tertiary/aromatic N) is 1. The summed E-state index contributed by atoms with van der Waals surface area (Å²) in [7, 11) is 0. The van der Waals surface area contributed by atoms with Crippen LogP contribution >= 0.6 is 0 Å². The largest absolute Gasteiger partial charge is 0.481 e. The molecule has 0 aliphatic carbocycles. The first-order valence-electron chi connectivity index (χ1n) is 7.00. The number of likely N-dealkylation sites (tertiary alicyclic amines) is 1. The van der Waals surface area contributed by atoms with Crippen LogP contribution in [-0.2, 0) is 11.3 Å². The van der Waals surface area contributed by atoms with Crippen molar-refractivity contribution < 1.29 is 9.90 Å². The minimum Gasteiger partial charge on any atom is -0.481 e. The number of hydrogen-bond donors (Lipinski definition) is 1. The van der Waals surface area contributed by atoms with Crippen LogP contribution in [0, 0.1) is 19.8 Å². The zero-order chi connectivity index (χ0) is 14.0. The van der Waals surface area contributed by atoms with Crippen molar-refractivity contribution in [3.8, 4) is 0 Å². The normalized spacial score (nSPS) is 24.4. The van der Waals surface area contributed by atoms with Crippen LogP contribution < -0.4 is 0 Å². The van der Waals surface area contributed by atoms with Crippen LogP contribution in [-0.4, -0.2) is 28.6 Å². The van der Waals surface area contributed by atoms with E-state index in [9.17, 15) is 9.90 Å². The van der Waals surface area contributed by atoms with Crippen LogP contribution in [0.4, 0.5) is 0 Å². The monoisotopic (exact) mass is 261 g/mol. The number of hydrogen-bond acceptors (Lipinski definition) is 2. The molecule has 0 bridgehead atoms. The first kappa shape index (κ1) is 14.1. The molecule has 1 aromatic rings. The van der Waals surface area contributed by atoms with E-state index in [1.54, 1.807) is 0 Å². The molecule has 1 aliphatic heterocycles. The summed E-state index contributed by atoms with van der Waals surface area (Å²) in [6.45, 7) is 7.95. The van der Waals surface area contributed by atoms with Gasteiger partial charge in [-0.25, -0.2) is 0 Å². The Morgan fingerprint density at radius 1 is 1.37 bits per heavy atom. The average molecular weight is 261 g/mol. The summed E-state index contributed by atoms with van der Waals surface area (Å²) in [5.41, 5.74) is 3.87. The van der Waals surface area contributed by atoms with Gasteiger partial charge in [-0.1, -0.05) is 23.8 Å². The molecule has 3 heteroatoms. The zero-order valence-corrected chi connectivity index (χ0v) is 12.0. The van der Waals surface area contributed by atoms with E-state index in [0.29, 0.717) is 12.6 Å². The summed E-state index contributed by atoms with van der Waals surface area (Å²) in [6.07, 6.45) is 1.78. The van der Waals surface area contributed by atoms with Gasteiger partial charge in [0.1, 0.15) is 0 Å². The van der Waals surface area contributed by atoms with Crippen LogP contribution in [0.15, 0.2) is 18.2 Å². The number of aryl methyl sites for hydroxylation is 2. The van der Waals surface area contributed by atoms with Crippen LogP contribution in [0.5, 0.6) is 0 Å². The maximum atomic E-state index is 11.2. The van der Waals surface area contributed by atoms with Crippen molar-refractivity contribution in [1.82, 2.24) is 4.90 Å². The quantitative estimate of drug-likeness (QED) is 0.909. The Labute approximate surface area is 115 Å². The Bertz CT molecular complexity index is 470. The number of carboxylic acid groups (broad SMARTS) is 1. The van der Waals surface area contributed by atoms with Gasteiger partial charge in [0.2, 0.25) is 0 Å². The van der Waals surface area contributed by atoms with Gasteiger partial charge in [-0.05, 0) is 44.7 Å². The molecule has 3 nitrogen and oxygen atoms in total. The average Bonchev–Trinajstić information content (AvgIpc) is 2.36. The molecule has 2 atom stereocenters. The maximum absolute atomic E-state index is 11.2. The van der Waals surface area contributed by atoms with Gasteiger partial charge < -0.3 is 5.11 Å². The molecule has 0 aromatic heterocycles. The molecule has 104 valence electrons. The smallest absolute Gasteiger partial charge is 0.307 e. The summed E-state index contributed by atoms with van der Waals surface area (Å²) in [6, 6.07) is 6.95. The Morgan fingerprint density at radius 2 is 2.11 bits per heavy atom. The van der Waals surface area contributed by atoms with Gasteiger partial charge in [0.25, 0.3) is 0 Å². The van der Waals surface area contributed by atoms with E-state index in [2.05, 4.69) is 43.9 Å². The molecule has 1 saturated heterocycles. The topological polar surface area (TPSA) is 40.5 Å².